The quantitative estimate of drug-likeness (QED) is 0.836. The molecule has 1 heterocycles. The molecule has 1 aromatic carbocycles. The van der Waals surface area contributed by atoms with Gasteiger partial charge >= 0.3 is 5.97 Å². The monoisotopic (exact) mass is 271 g/mol. The molecule has 20 heavy (non-hydrogen) atoms. The minimum Gasteiger partial charge on any atom is -0.465 e. The lowest BCUT2D eigenvalue weighted by Gasteiger charge is -2.11. The van der Waals surface area contributed by atoms with Gasteiger partial charge < -0.3 is 15.8 Å². The van der Waals surface area contributed by atoms with Crippen LogP contribution in [0.15, 0.2) is 36.5 Å². The average Bonchev–Trinajstić information content (AvgIpc) is 2.49. The molecule has 0 amide bonds. The molecular formula is C15H17N3O2. The molecule has 2 rings (SSSR count). The number of aromatic nitrogens is 1. The number of rotatable bonds is 4. The van der Waals surface area contributed by atoms with Gasteiger partial charge in [-0.2, -0.15) is 0 Å². The number of anilines is 3. The number of esters is 1. The van der Waals surface area contributed by atoms with Gasteiger partial charge in [0.25, 0.3) is 0 Å². The maximum atomic E-state index is 11.6. The van der Waals surface area contributed by atoms with E-state index in [1.165, 1.54) is 24.9 Å². The maximum Gasteiger partial charge on any atom is 0.340 e. The van der Waals surface area contributed by atoms with E-state index in [9.17, 15) is 4.79 Å². The third-order valence-electron chi connectivity index (χ3n) is 3.02. The number of pyridine rings is 1. The van der Waals surface area contributed by atoms with Crippen LogP contribution in [0.4, 0.5) is 17.2 Å². The summed E-state index contributed by atoms with van der Waals surface area (Å²) in [5.41, 5.74) is 8.63. The number of nitrogens with one attached hydrogen (secondary N) is 1. The van der Waals surface area contributed by atoms with Gasteiger partial charge in [-0.15, -0.1) is 0 Å². The minimum absolute atomic E-state index is 0.277. The number of carbonyl (C=O) groups excluding carboxylic acids is 1. The second-order valence-electron chi connectivity index (χ2n) is 4.29. The Bertz CT molecular complexity index is 609. The molecule has 5 nitrogen and oxygen atoms in total. The number of ether oxygens (including phenoxy) is 1. The number of hydrogen-bond donors (Lipinski definition) is 2. The van der Waals surface area contributed by atoms with Gasteiger partial charge in [0.15, 0.2) is 5.82 Å². The fourth-order valence-corrected chi connectivity index (χ4v) is 1.82. The van der Waals surface area contributed by atoms with Crippen LogP contribution in [0.25, 0.3) is 0 Å². The number of nitrogens with zero attached hydrogens (tertiary/aromatic N) is 1. The van der Waals surface area contributed by atoms with E-state index in [2.05, 4.69) is 22.0 Å². The van der Waals surface area contributed by atoms with E-state index < -0.39 is 5.97 Å². The summed E-state index contributed by atoms with van der Waals surface area (Å²) in [5.74, 6) is -0.0357. The van der Waals surface area contributed by atoms with Gasteiger partial charge in [0.2, 0.25) is 0 Å². The summed E-state index contributed by atoms with van der Waals surface area (Å²) in [6.07, 6.45) is 2.50. The number of nitrogens with two attached hydrogens (primary N) is 1. The number of carbonyl (C=O) groups is 1. The van der Waals surface area contributed by atoms with Gasteiger partial charge in [-0.1, -0.05) is 19.1 Å². The molecule has 5 heteroatoms. The molecule has 0 atom stereocenters. The molecule has 0 saturated carbocycles. The molecule has 104 valence electrons. The number of aryl methyl sites for hydroxylation is 1. The van der Waals surface area contributed by atoms with Crippen molar-refractivity contribution in [1.29, 1.82) is 0 Å². The smallest absolute Gasteiger partial charge is 0.340 e. The summed E-state index contributed by atoms with van der Waals surface area (Å²) in [6, 6.07) is 9.49. The molecule has 0 saturated heterocycles. The summed E-state index contributed by atoms with van der Waals surface area (Å²) >= 11 is 0. The summed E-state index contributed by atoms with van der Waals surface area (Å²) in [5, 5.41) is 3.10. The number of methoxy groups -OCH3 is 1. The highest BCUT2D eigenvalue weighted by molar-refractivity contribution is 5.97. The predicted octanol–water partition coefficient (Wildman–Crippen LogP) is 2.76. The summed E-state index contributed by atoms with van der Waals surface area (Å²) in [4.78, 5) is 15.7. The molecule has 0 unspecified atom stereocenters. The van der Waals surface area contributed by atoms with Crippen LogP contribution in [0, 0.1) is 0 Å². The Kier molecular flexibility index (Phi) is 4.20. The van der Waals surface area contributed by atoms with E-state index in [0.29, 0.717) is 11.4 Å². The standard InChI is InChI=1S/C15H17N3O2/c1-3-10-4-6-11(7-5-10)18-14-13(16)12(8-9-17-14)15(19)20-2/h4-9H,3,16H2,1-2H3,(H,17,18). The second kappa shape index (κ2) is 6.06. The van der Waals surface area contributed by atoms with Gasteiger partial charge in [0.1, 0.15) is 0 Å². The van der Waals surface area contributed by atoms with Crippen LogP contribution in [-0.4, -0.2) is 18.1 Å². The lowest BCUT2D eigenvalue weighted by atomic mass is 10.1. The molecule has 0 aliphatic rings. The topological polar surface area (TPSA) is 77.2 Å². The highest BCUT2D eigenvalue weighted by Gasteiger charge is 2.13. The number of hydrogen-bond acceptors (Lipinski definition) is 5. The van der Waals surface area contributed by atoms with Crippen LogP contribution in [-0.2, 0) is 11.2 Å². The van der Waals surface area contributed by atoms with E-state index >= 15 is 0 Å². The normalized spacial score (nSPS) is 10.1. The van der Waals surface area contributed by atoms with E-state index in [-0.39, 0.29) is 5.69 Å². The highest BCUT2D eigenvalue weighted by Crippen LogP contribution is 2.24. The molecule has 0 aliphatic heterocycles. The van der Waals surface area contributed by atoms with Crippen LogP contribution in [0.2, 0.25) is 0 Å². The molecule has 0 bridgehead atoms. The van der Waals surface area contributed by atoms with Crippen LogP contribution >= 0.6 is 0 Å². The Morgan fingerprint density at radius 3 is 2.60 bits per heavy atom. The largest absolute Gasteiger partial charge is 0.465 e. The fraction of sp³-hybridized carbons (Fsp3) is 0.200. The third-order valence-corrected chi connectivity index (χ3v) is 3.02. The van der Waals surface area contributed by atoms with Crippen molar-refractivity contribution < 1.29 is 9.53 Å². The maximum absolute atomic E-state index is 11.6. The van der Waals surface area contributed by atoms with Gasteiger partial charge in [-0.3, -0.25) is 0 Å². The van der Waals surface area contributed by atoms with Crippen molar-refractivity contribution >= 4 is 23.2 Å². The average molecular weight is 271 g/mol. The Hall–Kier alpha value is -2.56. The van der Waals surface area contributed by atoms with E-state index in [1.807, 2.05) is 24.3 Å². The molecule has 3 N–H and O–H groups in total. The first-order valence-electron chi connectivity index (χ1n) is 6.34. The predicted molar refractivity (Wildman–Crippen MR) is 79.1 cm³/mol. The Morgan fingerprint density at radius 2 is 2.00 bits per heavy atom. The molecule has 1 aromatic heterocycles. The van der Waals surface area contributed by atoms with E-state index in [1.54, 1.807) is 0 Å². The first-order valence-corrected chi connectivity index (χ1v) is 6.34. The Balaban J connectivity index is 2.26. The Morgan fingerprint density at radius 1 is 1.30 bits per heavy atom. The molecule has 0 radical (unpaired) electrons. The van der Waals surface area contributed by atoms with Crippen molar-refractivity contribution in [3.8, 4) is 0 Å². The molecule has 0 spiro atoms. The van der Waals surface area contributed by atoms with Gasteiger partial charge in [-0.25, -0.2) is 9.78 Å². The van der Waals surface area contributed by atoms with Crippen molar-refractivity contribution in [3.63, 3.8) is 0 Å². The molecule has 0 aliphatic carbocycles. The minimum atomic E-state index is -0.478. The van der Waals surface area contributed by atoms with Crippen molar-refractivity contribution in [3.05, 3.63) is 47.7 Å². The zero-order chi connectivity index (χ0) is 14.5. The van der Waals surface area contributed by atoms with E-state index in [4.69, 9.17) is 5.73 Å². The lowest BCUT2D eigenvalue weighted by molar-refractivity contribution is 0.0602. The van der Waals surface area contributed by atoms with Crippen molar-refractivity contribution in [2.24, 2.45) is 0 Å². The third kappa shape index (κ3) is 2.88. The fourth-order valence-electron chi connectivity index (χ4n) is 1.82. The first kappa shape index (κ1) is 13.9. The summed E-state index contributed by atoms with van der Waals surface area (Å²) < 4.78 is 4.68. The van der Waals surface area contributed by atoms with Crippen molar-refractivity contribution in [1.82, 2.24) is 4.98 Å². The first-order chi connectivity index (χ1) is 9.65. The highest BCUT2D eigenvalue weighted by atomic mass is 16.5. The molecule has 2 aromatic rings. The van der Waals surface area contributed by atoms with Gasteiger partial charge in [0, 0.05) is 11.9 Å². The Labute approximate surface area is 117 Å². The SMILES string of the molecule is CCc1ccc(Nc2nccc(C(=O)OC)c2N)cc1. The second-order valence-corrected chi connectivity index (χ2v) is 4.29. The van der Waals surface area contributed by atoms with Crippen molar-refractivity contribution in [2.45, 2.75) is 13.3 Å². The van der Waals surface area contributed by atoms with Crippen LogP contribution < -0.4 is 11.1 Å². The summed E-state index contributed by atoms with van der Waals surface area (Å²) in [7, 11) is 1.32. The number of nitrogen functional groups attached to an aromatic ring is 1. The van der Waals surface area contributed by atoms with Crippen LogP contribution in [0.1, 0.15) is 22.8 Å². The zero-order valence-corrected chi connectivity index (χ0v) is 11.5. The lowest BCUT2D eigenvalue weighted by Crippen LogP contribution is -2.09. The van der Waals surface area contributed by atoms with Crippen LogP contribution in [0.5, 0.6) is 0 Å². The van der Waals surface area contributed by atoms with Crippen molar-refractivity contribution in [2.75, 3.05) is 18.2 Å². The summed E-state index contributed by atoms with van der Waals surface area (Å²) in [6.45, 7) is 2.10. The van der Waals surface area contributed by atoms with E-state index in [0.717, 1.165) is 12.1 Å². The molecule has 0 fully saturated rings. The van der Waals surface area contributed by atoms with Gasteiger partial charge in [-0.05, 0) is 30.2 Å². The molecular weight excluding hydrogens is 254 g/mol. The van der Waals surface area contributed by atoms with Gasteiger partial charge in [0.05, 0.1) is 18.4 Å². The van der Waals surface area contributed by atoms with Crippen LogP contribution in [0.3, 0.4) is 0 Å². The number of benzene rings is 1. The zero-order valence-electron chi connectivity index (χ0n) is 11.5.